The van der Waals surface area contributed by atoms with Gasteiger partial charge in [-0.3, -0.25) is 0 Å². The number of hydrogen-bond acceptors (Lipinski definition) is 9. The number of aliphatic hydroxyl groups excluding tert-OH is 1. The Morgan fingerprint density at radius 2 is 1.49 bits per heavy atom. The van der Waals surface area contributed by atoms with Gasteiger partial charge in [0.15, 0.2) is 6.04 Å². The first-order valence-electron chi connectivity index (χ1n) is 12.6. The maximum atomic E-state index is 12.3. The second-order valence-electron chi connectivity index (χ2n) is 9.40. The fraction of sp³-hybridized carbons (Fsp3) is 0.517. The van der Waals surface area contributed by atoms with E-state index in [9.17, 15) is 14.7 Å². The highest BCUT2D eigenvalue weighted by Crippen LogP contribution is 2.14. The molecule has 0 heterocycles. The lowest BCUT2D eigenvalue weighted by atomic mass is 10.1. The van der Waals surface area contributed by atoms with Gasteiger partial charge >= 0.3 is 12.1 Å². The van der Waals surface area contributed by atoms with Crippen molar-refractivity contribution in [3.8, 4) is 0 Å². The van der Waals surface area contributed by atoms with E-state index in [4.69, 9.17) is 28.4 Å². The van der Waals surface area contributed by atoms with E-state index in [1.54, 1.807) is 13.8 Å². The largest absolute Gasteiger partial charge is 0.467 e. The number of carbonyl (C=O) groups is 2. The SMILES string of the molecule is C=C(C)COCC(O)C(OCC(=C)C)C(COCC(NC(=O)OCc1ccccc1)C(=O)OC)OCC(=C)C. The van der Waals surface area contributed by atoms with Crippen LogP contribution in [-0.4, -0.2) is 88.3 Å². The number of ether oxygens (including phenoxy) is 6. The summed E-state index contributed by atoms with van der Waals surface area (Å²) in [6, 6.07) is 7.98. The van der Waals surface area contributed by atoms with Crippen LogP contribution in [0.25, 0.3) is 0 Å². The molecule has 0 aliphatic rings. The Bertz CT molecular complexity index is 919. The number of esters is 1. The molecule has 0 spiro atoms. The number of nitrogens with one attached hydrogen (secondary N) is 1. The van der Waals surface area contributed by atoms with Gasteiger partial charge in [0, 0.05) is 0 Å². The molecule has 4 unspecified atom stereocenters. The molecule has 10 heteroatoms. The zero-order valence-electron chi connectivity index (χ0n) is 23.5. The molecule has 218 valence electrons. The molecule has 0 saturated heterocycles. The first-order chi connectivity index (χ1) is 18.5. The number of methoxy groups -OCH3 is 1. The minimum atomic E-state index is -1.14. The van der Waals surface area contributed by atoms with Crippen LogP contribution in [0.1, 0.15) is 26.3 Å². The van der Waals surface area contributed by atoms with Gasteiger partial charge in [0.05, 0.1) is 46.8 Å². The Balaban J connectivity index is 2.86. The van der Waals surface area contributed by atoms with Gasteiger partial charge < -0.3 is 38.8 Å². The first kappa shape index (κ1) is 34.0. The predicted molar refractivity (Wildman–Crippen MR) is 147 cm³/mol. The third-order valence-electron chi connectivity index (χ3n) is 5.01. The van der Waals surface area contributed by atoms with Gasteiger partial charge in [-0.2, -0.15) is 0 Å². The summed E-state index contributed by atoms with van der Waals surface area (Å²) in [7, 11) is 1.20. The van der Waals surface area contributed by atoms with E-state index in [0.29, 0.717) is 0 Å². The Morgan fingerprint density at radius 3 is 2.08 bits per heavy atom. The highest BCUT2D eigenvalue weighted by molar-refractivity contribution is 5.81. The van der Waals surface area contributed by atoms with E-state index < -0.39 is 36.4 Å². The van der Waals surface area contributed by atoms with Crippen LogP contribution in [0, 0.1) is 0 Å². The molecule has 1 rings (SSSR count). The summed E-state index contributed by atoms with van der Waals surface area (Å²) in [4.78, 5) is 24.6. The molecule has 2 N–H and O–H groups in total. The van der Waals surface area contributed by atoms with Gasteiger partial charge in [0.2, 0.25) is 0 Å². The number of benzene rings is 1. The van der Waals surface area contributed by atoms with Crippen molar-refractivity contribution in [3.05, 3.63) is 72.4 Å². The molecule has 4 atom stereocenters. The minimum absolute atomic E-state index is 0.0275. The quantitative estimate of drug-likeness (QED) is 0.186. The van der Waals surface area contributed by atoms with Crippen molar-refractivity contribution in [1.29, 1.82) is 0 Å². The predicted octanol–water partition coefficient (Wildman–Crippen LogP) is 3.35. The molecular formula is C29H43NO9. The number of alkyl carbamates (subject to hydrolysis) is 1. The molecule has 0 aliphatic carbocycles. The van der Waals surface area contributed by atoms with Crippen LogP contribution in [0.3, 0.4) is 0 Å². The van der Waals surface area contributed by atoms with Crippen LogP contribution in [0.15, 0.2) is 66.8 Å². The van der Waals surface area contributed by atoms with Gasteiger partial charge in [0.1, 0.15) is 24.9 Å². The fourth-order valence-electron chi connectivity index (χ4n) is 3.16. The van der Waals surface area contributed by atoms with Crippen molar-refractivity contribution in [2.24, 2.45) is 0 Å². The van der Waals surface area contributed by atoms with Crippen LogP contribution < -0.4 is 5.32 Å². The third-order valence-corrected chi connectivity index (χ3v) is 5.01. The fourth-order valence-corrected chi connectivity index (χ4v) is 3.16. The van der Waals surface area contributed by atoms with Crippen LogP contribution in [-0.2, 0) is 39.8 Å². The molecular weight excluding hydrogens is 506 g/mol. The van der Waals surface area contributed by atoms with Crippen molar-refractivity contribution in [1.82, 2.24) is 5.32 Å². The van der Waals surface area contributed by atoms with E-state index >= 15 is 0 Å². The van der Waals surface area contributed by atoms with Crippen molar-refractivity contribution in [2.45, 2.75) is 51.7 Å². The zero-order chi connectivity index (χ0) is 29.2. The normalized spacial score (nSPS) is 14.0. The Labute approximate surface area is 231 Å². The molecule has 0 bridgehead atoms. The second-order valence-corrected chi connectivity index (χ2v) is 9.40. The molecule has 0 aromatic heterocycles. The highest BCUT2D eigenvalue weighted by atomic mass is 16.6. The molecule has 0 aliphatic heterocycles. The average molecular weight is 550 g/mol. The Morgan fingerprint density at radius 1 is 0.872 bits per heavy atom. The standard InChI is InChI=1S/C29H43NO9/c1-20(2)13-35-18-25(31)27(38-15-22(5)6)26(37-14-21(3)4)19-36-17-24(28(32)34-7)30-29(33)39-16-23-11-9-8-10-12-23/h8-12,24-27,31H,1,3,5,13-19H2,2,4,6-7H3,(H,30,33). The highest BCUT2D eigenvalue weighted by Gasteiger charge is 2.32. The number of aliphatic hydroxyl groups is 1. The summed E-state index contributed by atoms with van der Waals surface area (Å²) < 4.78 is 33.1. The van der Waals surface area contributed by atoms with E-state index in [2.05, 4.69) is 25.1 Å². The lowest BCUT2D eigenvalue weighted by Gasteiger charge is -2.31. The monoisotopic (exact) mass is 549 g/mol. The van der Waals surface area contributed by atoms with Crippen LogP contribution in [0.2, 0.25) is 0 Å². The van der Waals surface area contributed by atoms with Gasteiger partial charge in [-0.1, -0.05) is 66.8 Å². The third kappa shape index (κ3) is 15.2. The van der Waals surface area contributed by atoms with Gasteiger partial charge in [0.25, 0.3) is 0 Å². The summed E-state index contributed by atoms with van der Waals surface area (Å²) in [6.45, 7) is 17.2. The van der Waals surface area contributed by atoms with Gasteiger partial charge in [-0.25, -0.2) is 9.59 Å². The van der Waals surface area contributed by atoms with Crippen LogP contribution >= 0.6 is 0 Å². The summed E-state index contributed by atoms with van der Waals surface area (Å²) >= 11 is 0. The maximum absolute atomic E-state index is 12.3. The van der Waals surface area contributed by atoms with Crippen LogP contribution in [0.4, 0.5) is 4.79 Å². The topological polar surface area (TPSA) is 122 Å². The van der Waals surface area contributed by atoms with Crippen molar-refractivity contribution in [3.63, 3.8) is 0 Å². The summed E-state index contributed by atoms with van der Waals surface area (Å²) in [5, 5.41) is 13.3. The molecule has 39 heavy (non-hydrogen) atoms. The van der Waals surface area contributed by atoms with E-state index in [1.165, 1.54) is 7.11 Å². The van der Waals surface area contributed by atoms with E-state index in [1.807, 2.05) is 37.3 Å². The molecule has 0 radical (unpaired) electrons. The number of hydrogen-bond donors (Lipinski definition) is 2. The van der Waals surface area contributed by atoms with E-state index in [-0.39, 0.29) is 46.2 Å². The zero-order valence-corrected chi connectivity index (χ0v) is 23.5. The minimum Gasteiger partial charge on any atom is -0.467 e. The summed E-state index contributed by atoms with van der Waals surface area (Å²) in [6.07, 6.45) is -3.50. The van der Waals surface area contributed by atoms with E-state index in [0.717, 1.165) is 22.3 Å². The summed E-state index contributed by atoms with van der Waals surface area (Å²) in [5.74, 6) is -0.714. The first-order valence-corrected chi connectivity index (χ1v) is 12.6. The van der Waals surface area contributed by atoms with Crippen molar-refractivity contribution in [2.75, 3.05) is 46.8 Å². The molecule has 0 saturated carbocycles. The van der Waals surface area contributed by atoms with Gasteiger partial charge in [-0.05, 0) is 26.3 Å². The maximum Gasteiger partial charge on any atom is 0.408 e. The second kappa shape index (κ2) is 19.1. The Kier molecular flexibility index (Phi) is 16.7. The molecule has 0 fully saturated rings. The lowest BCUT2D eigenvalue weighted by Crippen LogP contribution is -2.48. The van der Waals surface area contributed by atoms with Crippen LogP contribution in [0.5, 0.6) is 0 Å². The number of rotatable bonds is 20. The molecule has 1 aromatic rings. The Hall–Kier alpha value is -3.02. The molecule has 1 aromatic carbocycles. The van der Waals surface area contributed by atoms with Crippen molar-refractivity contribution >= 4 is 12.1 Å². The number of amides is 1. The molecule has 1 amide bonds. The average Bonchev–Trinajstić information content (AvgIpc) is 2.89. The lowest BCUT2D eigenvalue weighted by molar-refractivity contribution is -0.153. The molecule has 10 nitrogen and oxygen atoms in total. The number of carbonyl (C=O) groups excluding carboxylic acids is 2. The van der Waals surface area contributed by atoms with Crippen molar-refractivity contribution < 1.29 is 43.1 Å². The van der Waals surface area contributed by atoms with Gasteiger partial charge in [-0.15, -0.1) is 0 Å². The summed E-state index contributed by atoms with van der Waals surface area (Å²) in [5.41, 5.74) is 3.10. The smallest absolute Gasteiger partial charge is 0.408 e.